The fraction of sp³-hybridized carbons (Fsp3) is 0.389. The molecular formula is C18H23O4P. The van der Waals surface area contributed by atoms with Crippen LogP contribution < -0.4 is 0 Å². The lowest BCUT2D eigenvalue weighted by Crippen LogP contribution is -2.15. The van der Waals surface area contributed by atoms with Crippen LogP contribution in [0.5, 0.6) is 0 Å². The van der Waals surface area contributed by atoms with E-state index < -0.39 is 13.1 Å². The van der Waals surface area contributed by atoms with Gasteiger partial charge in [-0.2, -0.15) is 0 Å². The van der Waals surface area contributed by atoms with Crippen molar-refractivity contribution >= 4 is 23.9 Å². The van der Waals surface area contributed by atoms with Gasteiger partial charge in [-0.15, -0.1) is 0 Å². The highest BCUT2D eigenvalue weighted by Gasteiger charge is 2.39. The summed E-state index contributed by atoms with van der Waals surface area (Å²) in [6.45, 7) is 8.77. The molecule has 0 aliphatic heterocycles. The van der Waals surface area contributed by atoms with Crippen LogP contribution in [0.4, 0.5) is 0 Å². The molecule has 0 bridgehead atoms. The first kappa shape index (κ1) is 17.9. The van der Waals surface area contributed by atoms with E-state index in [9.17, 15) is 9.36 Å². The van der Waals surface area contributed by atoms with Crippen molar-refractivity contribution in [2.75, 3.05) is 0 Å². The summed E-state index contributed by atoms with van der Waals surface area (Å²) in [5.41, 5.74) is 0.593. The van der Waals surface area contributed by atoms with Crippen LogP contribution in [-0.2, 0) is 13.6 Å². The summed E-state index contributed by atoms with van der Waals surface area (Å²) in [5.74, 6) is 0. The van der Waals surface area contributed by atoms with Crippen molar-refractivity contribution in [3.05, 3.63) is 47.5 Å². The molecule has 0 spiro atoms. The molecule has 0 saturated carbocycles. The Morgan fingerprint density at radius 3 is 2.09 bits per heavy atom. The molecule has 2 aromatic rings. The molecule has 0 heterocycles. The minimum atomic E-state index is -3.91. The quantitative estimate of drug-likeness (QED) is 0.670. The summed E-state index contributed by atoms with van der Waals surface area (Å²) in [7, 11) is -3.91. The van der Waals surface area contributed by atoms with E-state index >= 15 is 0 Å². The van der Waals surface area contributed by atoms with Gasteiger partial charge >= 0.3 is 7.60 Å². The van der Waals surface area contributed by atoms with Crippen LogP contribution in [0.1, 0.15) is 43.6 Å². The summed E-state index contributed by atoms with van der Waals surface area (Å²) in [6.07, 6.45) is -0.752. The highest BCUT2D eigenvalue weighted by molar-refractivity contribution is 7.72. The van der Waals surface area contributed by atoms with Crippen LogP contribution in [0.2, 0.25) is 0 Å². The number of aryl methyl sites for hydroxylation is 1. The maximum atomic E-state index is 13.1. The Labute approximate surface area is 137 Å². The highest BCUT2D eigenvalue weighted by Crippen LogP contribution is 2.54. The minimum absolute atomic E-state index is 0.376. The molecule has 124 valence electrons. The molecular weight excluding hydrogens is 311 g/mol. The smallest absolute Gasteiger partial charge is 0.300 e. The summed E-state index contributed by atoms with van der Waals surface area (Å²) in [6, 6.07) is 11.3. The molecule has 0 N–H and O–H groups in total. The van der Waals surface area contributed by atoms with E-state index in [2.05, 4.69) is 0 Å². The zero-order chi connectivity index (χ0) is 17.2. The summed E-state index contributed by atoms with van der Waals surface area (Å²) in [4.78, 5) is 13.1. The van der Waals surface area contributed by atoms with E-state index in [4.69, 9.17) is 9.05 Å². The topological polar surface area (TPSA) is 52.6 Å². The van der Waals surface area contributed by atoms with Gasteiger partial charge in [-0.25, -0.2) is 0 Å². The Bertz CT molecular complexity index is 751. The van der Waals surface area contributed by atoms with Gasteiger partial charge in [0.25, 0.3) is 5.52 Å². The molecule has 0 fully saturated rings. The van der Waals surface area contributed by atoms with Gasteiger partial charge < -0.3 is 9.05 Å². The lowest BCUT2D eigenvalue weighted by atomic mass is 10.0. The monoisotopic (exact) mass is 334 g/mol. The molecule has 0 unspecified atom stereocenters. The van der Waals surface area contributed by atoms with Gasteiger partial charge in [0.1, 0.15) is 0 Å². The second-order valence-electron chi connectivity index (χ2n) is 6.09. The van der Waals surface area contributed by atoms with Crippen molar-refractivity contribution in [1.82, 2.24) is 0 Å². The van der Waals surface area contributed by atoms with Crippen LogP contribution in [0.15, 0.2) is 36.4 Å². The fourth-order valence-corrected chi connectivity index (χ4v) is 4.40. The molecule has 23 heavy (non-hydrogen) atoms. The normalized spacial score (nSPS) is 12.3. The third-order valence-electron chi connectivity index (χ3n) is 3.30. The van der Waals surface area contributed by atoms with Crippen LogP contribution in [0.3, 0.4) is 0 Å². The molecule has 0 radical (unpaired) electrons. The zero-order valence-electron chi connectivity index (χ0n) is 14.2. The number of hydrogen-bond donors (Lipinski definition) is 0. The average molecular weight is 334 g/mol. The third kappa shape index (κ3) is 3.89. The second-order valence-corrected chi connectivity index (χ2v) is 7.91. The fourth-order valence-electron chi connectivity index (χ4n) is 2.48. The predicted molar refractivity (Wildman–Crippen MR) is 93.1 cm³/mol. The molecule has 0 aromatic heterocycles. The van der Waals surface area contributed by atoms with Crippen molar-refractivity contribution < 1.29 is 18.4 Å². The molecule has 0 aliphatic carbocycles. The summed E-state index contributed by atoms with van der Waals surface area (Å²) < 4.78 is 24.0. The SMILES string of the molecule is Cc1ccc2ccccc2c1C(=O)P(=O)(OC(C)C)OC(C)C. The van der Waals surface area contributed by atoms with E-state index in [0.717, 1.165) is 16.3 Å². The lowest BCUT2D eigenvalue weighted by Gasteiger charge is -2.22. The van der Waals surface area contributed by atoms with Crippen molar-refractivity contribution in [1.29, 1.82) is 0 Å². The van der Waals surface area contributed by atoms with E-state index in [1.54, 1.807) is 27.7 Å². The van der Waals surface area contributed by atoms with Crippen molar-refractivity contribution in [2.24, 2.45) is 0 Å². The standard InChI is InChI=1S/C18H23O4P/c1-12(2)21-23(20,22-13(3)4)18(19)17-14(5)10-11-15-8-6-7-9-16(15)17/h6-13H,1-5H3. The van der Waals surface area contributed by atoms with Gasteiger partial charge in [-0.1, -0.05) is 36.4 Å². The highest BCUT2D eigenvalue weighted by atomic mass is 31.2. The molecule has 0 amide bonds. The van der Waals surface area contributed by atoms with E-state index in [1.165, 1.54) is 0 Å². The molecule has 0 saturated heterocycles. The molecule has 0 aliphatic rings. The number of benzene rings is 2. The van der Waals surface area contributed by atoms with Gasteiger partial charge in [-0.05, 0) is 51.0 Å². The molecule has 2 rings (SSSR count). The largest absolute Gasteiger partial charge is 0.402 e. The third-order valence-corrected chi connectivity index (χ3v) is 5.42. The number of carbonyl (C=O) groups excluding carboxylic acids is 1. The molecule has 0 atom stereocenters. The van der Waals surface area contributed by atoms with Crippen LogP contribution in [0.25, 0.3) is 10.8 Å². The Hall–Kier alpha value is -1.48. The van der Waals surface area contributed by atoms with Gasteiger partial charge in [0.05, 0.1) is 12.2 Å². The molecule has 4 nitrogen and oxygen atoms in total. The number of fused-ring (bicyclic) bond motifs is 1. The zero-order valence-corrected chi connectivity index (χ0v) is 15.1. The first-order chi connectivity index (χ1) is 10.7. The maximum Gasteiger partial charge on any atom is 0.402 e. The lowest BCUT2D eigenvalue weighted by molar-refractivity contribution is 0.0925. The Kier molecular flexibility index (Phi) is 5.41. The maximum absolute atomic E-state index is 13.1. The van der Waals surface area contributed by atoms with E-state index in [1.807, 2.05) is 43.3 Å². The van der Waals surface area contributed by atoms with Gasteiger partial charge in [-0.3, -0.25) is 9.36 Å². The predicted octanol–water partition coefficient (Wildman–Crippen LogP) is 5.33. The minimum Gasteiger partial charge on any atom is -0.300 e. The number of rotatable bonds is 6. The first-order valence-corrected chi connectivity index (χ1v) is 9.29. The van der Waals surface area contributed by atoms with Crippen LogP contribution >= 0.6 is 7.60 Å². The summed E-state index contributed by atoms with van der Waals surface area (Å²) >= 11 is 0. The van der Waals surface area contributed by atoms with E-state index in [-0.39, 0.29) is 12.2 Å². The van der Waals surface area contributed by atoms with Crippen molar-refractivity contribution in [3.63, 3.8) is 0 Å². The second kappa shape index (κ2) is 6.96. The first-order valence-electron chi connectivity index (χ1n) is 7.74. The Morgan fingerprint density at radius 1 is 0.957 bits per heavy atom. The van der Waals surface area contributed by atoms with Gasteiger partial charge in [0, 0.05) is 5.56 Å². The van der Waals surface area contributed by atoms with E-state index in [0.29, 0.717) is 5.56 Å². The Balaban J connectivity index is 2.61. The van der Waals surface area contributed by atoms with Gasteiger partial charge in [0.15, 0.2) is 0 Å². The Morgan fingerprint density at radius 2 is 1.52 bits per heavy atom. The number of hydrogen-bond acceptors (Lipinski definition) is 4. The number of carbonyl (C=O) groups is 1. The van der Waals surface area contributed by atoms with Crippen molar-refractivity contribution in [3.8, 4) is 0 Å². The van der Waals surface area contributed by atoms with Crippen LogP contribution in [-0.4, -0.2) is 17.7 Å². The van der Waals surface area contributed by atoms with Crippen molar-refractivity contribution in [2.45, 2.75) is 46.8 Å². The molecule has 5 heteroatoms. The average Bonchev–Trinajstić information content (AvgIpc) is 2.44. The van der Waals surface area contributed by atoms with Gasteiger partial charge in [0.2, 0.25) is 0 Å². The van der Waals surface area contributed by atoms with Crippen LogP contribution in [0, 0.1) is 6.92 Å². The molecule has 2 aromatic carbocycles. The summed E-state index contributed by atoms with van der Waals surface area (Å²) in [5, 5.41) is 1.68.